The van der Waals surface area contributed by atoms with Gasteiger partial charge in [-0.2, -0.15) is 4.98 Å². The molecule has 1 amide bonds. The van der Waals surface area contributed by atoms with Gasteiger partial charge in [0.05, 0.1) is 0 Å². The Bertz CT molecular complexity index is 912. The number of hydrogen-bond donors (Lipinski definition) is 1. The Labute approximate surface area is 159 Å². The van der Waals surface area contributed by atoms with Crippen LogP contribution in [0, 0.1) is 12.8 Å². The maximum Gasteiger partial charge on any atom is 0.249 e. The van der Waals surface area contributed by atoms with Crippen molar-refractivity contribution in [1.82, 2.24) is 15.5 Å². The van der Waals surface area contributed by atoms with Crippen LogP contribution in [0.1, 0.15) is 36.9 Å². The summed E-state index contributed by atoms with van der Waals surface area (Å²) in [5, 5.41) is 7.02. The predicted octanol–water partition coefficient (Wildman–Crippen LogP) is 4.57. The largest absolute Gasteiger partial charge is 0.340 e. The number of nitrogens with one attached hydrogen (secondary N) is 1. The third-order valence-corrected chi connectivity index (χ3v) is 4.21. The molecule has 0 saturated heterocycles. The topological polar surface area (TPSA) is 68.0 Å². The van der Waals surface area contributed by atoms with E-state index in [1.54, 1.807) is 6.08 Å². The summed E-state index contributed by atoms with van der Waals surface area (Å²) < 4.78 is 5.44. The second-order valence-corrected chi connectivity index (χ2v) is 6.80. The van der Waals surface area contributed by atoms with Gasteiger partial charge in [0, 0.05) is 11.6 Å². The minimum atomic E-state index is -0.357. The molecule has 0 aliphatic heterocycles. The SMILES string of the molecule is Cc1ccc(-c2noc([C@@H](NC(=O)/C=C/c3ccccc3)C(C)C)n2)cc1. The average Bonchev–Trinajstić information content (AvgIpc) is 3.15. The van der Waals surface area contributed by atoms with Gasteiger partial charge in [-0.05, 0) is 24.5 Å². The zero-order valence-electron chi connectivity index (χ0n) is 15.7. The van der Waals surface area contributed by atoms with E-state index in [9.17, 15) is 4.79 Å². The summed E-state index contributed by atoms with van der Waals surface area (Å²) in [6.07, 6.45) is 3.29. The highest BCUT2D eigenvalue weighted by molar-refractivity contribution is 5.91. The molecule has 1 aromatic heterocycles. The molecule has 5 heteroatoms. The number of hydrogen-bond acceptors (Lipinski definition) is 4. The molecule has 1 N–H and O–H groups in total. The molecule has 1 atom stereocenters. The van der Waals surface area contributed by atoms with Crippen LogP contribution in [-0.4, -0.2) is 16.0 Å². The lowest BCUT2D eigenvalue weighted by Crippen LogP contribution is -2.30. The number of nitrogens with zero attached hydrogens (tertiary/aromatic N) is 2. The van der Waals surface area contributed by atoms with E-state index in [0.717, 1.165) is 11.1 Å². The third kappa shape index (κ3) is 4.91. The van der Waals surface area contributed by atoms with E-state index in [0.29, 0.717) is 11.7 Å². The molecule has 1 heterocycles. The van der Waals surface area contributed by atoms with Crippen LogP contribution in [0.15, 0.2) is 65.2 Å². The first-order chi connectivity index (χ1) is 13.0. The van der Waals surface area contributed by atoms with Gasteiger partial charge in [0.1, 0.15) is 6.04 Å². The lowest BCUT2D eigenvalue weighted by Gasteiger charge is -2.17. The van der Waals surface area contributed by atoms with Crippen LogP contribution >= 0.6 is 0 Å². The van der Waals surface area contributed by atoms with Crippen LogP contribution < -0.4 is 5.32 Å². The van der Waals surface area contributed by atoms with Gasteiger partial charge in [-0.1, -0.05) is 79.2 Å². The lowest BCUT2D eigenvalue weighted by atomic mass is 10.0. The fraction of sp³-hybridized carbons (Fsp3) is 0.227. The van der Waals surface area contributed by atoms with Gasteiger partial charge in [-0.15, -0.1) is 0 Å². The monoisotopic (exact) mass is 361 g/mol. The molecule has 0 spiro atoms. The molecule has 138 valence electrons. The molecular formula is C22H23N3O2. The van der Waals surface area contributed by atoms with E-state index >= 15 is 0 Å². The van der Waals surface area contributed by atoms with Crippen LogP contribution in [0.3, 0.4) is 0 Å². The average molecular weight is 361 g/mol. The van der Waals surface area contributed by atoms with Gasteiger partial charge in [0.25, 0.3) is 0 Å². The summed E-state index contributed by atoms with van der Waals surface area (Å²) in [5.41, 5.74) is 3.02. The molecule has 2 aromatic carbocycles. The number of aryl methyl sites for hydroxylation is 1. The Kier molecular flexibility index (Phi) is 5.81. The first-order valence-corrected chi connectivity index (χ1v) is 8.97. The number of benzene rings is 2. The summed E-state index contributed by atoms with van der Waals surface area (Å²) in [7, 11) is 0. The molecular weight excluding hydrogens is 338 g/mol. The highest BCUT2D eigenvalue weighted by Crippen LogP contribution is 2.23. The predicted molar refractivity (Wildman–Crippen MR) is 106 cm³/mol. The van der Waals surface area contributed by atoms with Gasteiger partial charge in [0.2, 0.25) is 17.6 Å². The van der Waals surface area contributed by atoms with Gasteiger partial charge in [0.15, 0.2) is 0 Å². The van der Waals surface area contributed by atoms with Gasteiger partial charge < -0.3 is 9.84 Å². The lowest BCUT2D eigenvalue weighted by molar-refractivity contribution is -0.117. The van der Waals surface area contributed by atoms with Crippen molar-refractivity contribution in [2.75, 3.05) is 0 Å². The van der Waals surface area contributed by atoms with Gasteiger partial charge in [-0.3, -0.25) is 4.79 Å². The third-order valence-electron chi connectivity index (χ3n) is 4.21. The van der Waals surface area contributed by atoms with Crippen LogP contribution in [0.4, 0.5) is 0 Å². The summed E-state index contributed by atoms with van der Waals surface area (Å²) in [5.74, 6) is 0.824. The Morgan fingerprint density at radius 3 is 2.44 bits per heavy atom. The minimum Gasteiger partial charge on any atom is -0.340 e. The van der Waals surface area contributed by atoms with E-state index in [1.807, 2.05) is 75.4 Å². The van der Waals surface area contributed by atoms with Gasteiger partial charge >= 0.3 is 0 Å². The molecule has 3 rings (SSSR count). The Morgan fingerprint density at radius 2 is 1.78 bits per heavy atom. The molecule has 0 aliphatic carbocycles. The van der Waals surface area contributed by atoms with Crippen molar-refractivity contribution in [1.29, 1.82) is 0 Å². The van der Waals surface area contributed by atoms with E-state index in [2.05, 4.69) is 15.5 Å². The summed E-state index contributed by atoms with van der Waals surface area (Å²) in [4.78, 5) is 16.8. The van der Waals surface area contributed by atoms with Crippen LogP contribution in [-0.2, 0) is 4.79 Å². The first-order valence-electron chi connectivity index (χ1n) is 8.97. The quantitative estimate of drug-likeness (QED) is 0.653. The smallest absolute Gasteiger partial charge is 0.249 e. The Morgan fingerprint density at radius 1 is 1.07 bits per heavy atom. The Hall–Kier alpha value is -3.21. The fourth-order valence-corrected chi connectivity index (χ4v) is 2.63. The molecule has 0 radical (unpaired) electrons. The fourth-order valence-electron chi connectivity index (χ4n) is 2.63. The second-order valence-electron chi connectivity index (χ2n) is 6.80. The molecule has 0 fully saturated rings. The number of carbonyl (C=O) groups excluding carboxylic acids is 1. The van der Waals surface area contributed by atoms with E-state index in [-0.39, 0.29) is 17.9 Å². The summed E-state index contributed by atoms with van der Waals surface area (Å²) >= 11 is 0. The first kappa shape index (κ1) is 18.6. The number of amides is 1. The zero-order chi connectivity index (χ0) is 19.2. The van der Waals surface area contributed by atoms with E-state index < -0.39 is 0 Å². The maximum atomic E-state index is 12.3. The maximum absolute atomic E-state index is 12.3. The van der Waals surface area contributed by atoms with Gasteiger partial charge in [-0.25, -0.2) is 0 Å². The molecule has 3 aromatic rings. The molecule has 5 nitrogen and oxygen atoms in total. The van der Waals surface area contributed by atoms with Crippen molar-refractivity contribution in [2.24, 2.45) is 5.92 Å². The highest BCUT2D eigenvalue weighted by atomic mass is 16.5. The molecule has 0 unspecified atom stereocenters. The van der Waals surface area contributed by atoms with Crippen LogP contribution in [0.25, 0.3) is 17.5 Å². The number of rotatable bonds is 6. The normalized spacial score (nSPS) is 12.4. The van der Waals surface area contributed by atoms with Crippen molar-refractivity contribution < 1.29 is 9.32 Å². The van der Waals surface area contributed by atoms with Crippen LogP contribution in [0.5, 0.6) is 0 Å². The van der Waals surface area contributed by atoms with E-state index in [4.69, 9.17) is 4.52 Å². The molecule has 0 bridgehead atoms. The number of carbonyl (C=O) groups is 1. The summed E-state index contributed by atoms with van der Waals surface area (Å²) in [6, 6.07) is 17.2. The Balaban J connectivity index is 1.73. The van der Waals surface area contributed by atoms with Crippen molar-refractivity contribution in [3.63, 3.8) is 0 Å². The zero-order valence-corrected chi connectivity index (χ0v) is 15.7. The van der Waals surface area contributed by atoms with Crippen molar-refractivity contribution >= 4 is 12.0 Å². The standard InChI is InChI=1S/C22H23N3O2/c1-15(2)20(23-19(26)14-11-17-7-5-4-6-8-17)22-24-21(25-27-22)18-12-9-16(3)10-13-18/h4-15,20H,1-3H3,(H,23,26)/b14-11+/t20-/m0/s1. The van der Waals surface area contributed by atoms with Crippen molar-refractivity contribution in [3.8, 4) is 11.4 Å². The van der Waals surface area contributed by atoms with Crippen molar-refractivity contribution in [3.05, 3.63) is 77.7 Å². The highest BCUT2D eigenvalue weighted by Gasteiger charge is 2.24. The van der Waals surface area contributed by atoms with E-state index in [1.165, 1.54) is 11.6 Å². The summed E-state index contributed by atoms with van der Waals surface area (Å²) in [6.45, 7) is 6.03. The molecule has 0 saturated carbocycles. The van der Waals surface area contributed by atoms with Crippen molar-refractivity contribution in [2.45, 2.75) is 26.8 Å². The molecule has 27 heavy (non-hydrogen) atoms. The number of aromatic nitrogens is 2. The van der Waals surface area contributed by atoms with Crippen LogP contribution in [0.2, 0.25) is 0 Å². The molecule has 0 aliphatic rings. The minimum absolute atomic E-state index is 0.102. The second kappa shape index (κ2) is 8.45.